The smallest absolute Gasteiger partial charge is 0.127 e. The van der Waals surface area contributed by atoms with Crippen LogP contribution in [0.15, 0.2) is 0 Å². The fourth-order valence-corrected chi connectivity index (χ4v) is 4.26. The summed E-state index contributed by atoms with van der Waals surface area (Å²) in [5.41, 5.74) is 4.32. The summed E-state index contributed by atoms with van der Waals surface area (Å²) < 4.78 is 6.27. The van der Waals surface area contributed by atoms with Crippen LogP contribution in [0, 0.1) is 13.8 Å². The van der Waals surface area contributed by atoms with Crippen LogP contribution in [0.25, 0.3) is 0 Å². The zero-order valence-electron chi connectivity index (χ0n) is 15.4. The van der Waals surface area contributed by atoms with E-state index in [1.54, 1.807) is 0 Å². The van der Waals surface area contributed by atoms with Crippen LogP contribution < -0.4 is 4.74 Å². The Kier molecular flexibility index (Phi) is 6.30. The molecule has 1 N–H and O–H groups in total. The second-order valence-electron chi connectivity index (χ2n) is 7.36. The van der Waals surface area contributed by atoms with E-state index in [4.69, 9.17) is 4.74 Å². The van der Waals surface area contributed by atoms with Gasteiger partial charge in [0.1, 0.15) is 17.1 Å². The summed E-state index contributed by atoms with van der Waals surface area (Å²) in [5.74, 6) is 3.59. The van der Waals surface area contributed by atoms with Crippen molar-refractivity contribution in [3.05, 3.63) is 22.3 Å². The van der Waals surface area contributed by atoms with Crippen LogP contribution in [0.5, 0.6) is 11.5 Å². The van der Waals surface area contributed by atoms with Crippen molar-refractivity contribution in [2.75, 3.05) is 5.75 Å². The van der Waals surface area contributed by atoms with Gasteiger partial charge < -0.3 is 9.84 Å². The number of hydrogen-bond acceptors (Lipinski definition) is 3. The zero-order chi connectivity index (χ0) is 17.0. The monoisotopic (exact) mass is 336 g/mol. The lowest BCUT2D eigenvalue weighted by Gasteiger charge is -2.35. The summed E-state index contributed by atoms with van der Waals surface area (Å²) in [7, 11) is 0. The molecule has 0 atom stereocenters. The predicted octanol–water partition coefficient (Wildman–Crippen LogP) is 5.93. The van der Waals surface area contributed by atoms with Gasteiger partial charge >= 0.3 is 0 Å². The Labute approximate surface area is 146 Å². The van der Waals surface area contributed by atoms with Gasteiger partial charge in [-0.2, -0.15) is 11.8 Å². The maximum atomic E-state index is 10.6. The highest BCUT2D eigenvalue weighted by Gasteiger charge is 2.31. The normalized spacial score (nSPS) is 16.0. The van der Waals surface area contributed by atoms with Crippen LogP contribution in [0.2, 0.25) is 0 Å². The summed E-state index contributed by atoms with van der Waals surface area (Å²) in [5, 5.41) is 10.6. The van der Waals surface area contributed by atoms with E-state index in [0.717, 1.165) is 41.0 Å². The molecule has 1 aliphatic rings. The van der Waals surface area contributed by atoms with Crippen LogP contribution in [-0.2, 0) is 12.2 Å². The van der Waals surface area contributed by atoms with E-state index in [1.807, 2.05) is 18.7 Å². The average Bonchev–Trinajstić information content (AvgIpc) is 2.51. The molecule has 0 aromatic heterocycles. The van der Waals surface area contributed by atoms with Gasteiger partial charge in [0, 0.05) is 16.9 Å². The summed E-state index contributed by atoms with van der Waals surface area (Å²) in [6, 6.07) is 0. The van der Waals surface area contributed by atoms with E-state index in [1.165, 1.54) is 37.0 Å². The Morgan fingerprint density at radius 3 is 2.57 bits per heavy atom. The van der Waals surface area contributed by atoms with Crippen molar-refractivity contribution < 1.29 is 9.84 Å². The summed E-state index contributed by atoms with van der Waals surface area (Å²) >= 11 is 1.94. The molecule has 0 saturated carbocycles. The first-order valence-corrected chi connectivity index (χ1v) is 10.1. The van der Waals surface area contributed by atoms with Crippen molar-refractivity contribution in [3.8, 4) is 11.5 Å². The predicted molar refractivity (Wildman–Crippen MR) is 101 cm³/mol. The molecular formula is C20H32O2S. The molecule has 0 saturated heterocycles. The minimum atomic E-state index is -0.105. The van der Waals surface area contributed by atoms with Crippen molar-refractivity contribution in [2.24, 2.45) is 0 Å². The van der Waals surface area contributed by atoms with E-state index < -0.39 is 0 Å². The van der Waals surface area contributed by atoms with Gasteiger partial charge in [-0.15, -0.1) is 0 Å². The zero-order valence-corrected chi connectivity index (χ0v) is 16.2. The van der Waals surface area contributed by atoms with Crippen LogP contribution in [0.1, 0.15) is 75.1 Å². The molecule has 1 heterocycles. The van der Waals surface area contributed by atoms with Crippen molar-refractivity contribution in [1.82, 2.24) is 0 Å². The van der Waals surface area contributed by atoms with Gasteiger partial charge in [0.15, 0.2) is 0 Å². The number of ether oxygens (including phenoxy) is 1. The van der Waals surface area contributed by atoms with Crippen LogP contribution in [-0.4, -0.2) is 16.5 Å². The number of rotatable bonds is 7. The molecule has 0 spiro atoms. The van der Waals surface area contributed by atoms with Gasteiger partial charge in [-0.3, -0.25) is 0 Å². The highest BCUT2D eigenvalue weighted by Crippen LogP contribution is 2.44. The van der Waals surface area contributed by atoms with Crippen molar-refractivity contribution in [3.63, 3.8) is 0 Å². The van der Waals surface area contributed by atoms with Crippen LogP contribution in [0.3, 0.4) is 0 Å². The number of aromatic hydroxyl groups is 1. The molecule has 0 unspecified atom stereocenters. The molecule has 0 aliphatic carbocycles. The molecule has 2 nitrogen and oxygen atoms in total. The van der Waals surface area contributed by atoms with Gasteiger partial charge in [0.2, 0.25) is 0 Å². The van der Waals surface area contributed by atoms with E-state index in [9.17, 15) is 5.11 Å². The molecule has 1 aliphatic heterocycles. The third-order valence-corrected chi connectivity index (χ3v) is 6.00. The number of unbranched alkanes of at least 4 members (excludes halogenated alkanes) is 3. The van der Waals surface area contributed by atoms with Crippen molar-refractivity contribution in [1.29, 1.82) is 0 Å². The molecule has 3 heteroatoms. The first-order chi connectivity index (χ1) is 10.9. The number of thioether (sulfide) groups is 1. The van der Waals surface area contributed by atoms with Crippen molar-refractivity contribution >= 4 is 11.8 Å². The molecule has 23 heavy (non-hydrogen) atoms. The third kappa shape index (κ3) is 4.37. The molecule has 0 fully saturated rings. The van der Waals surface area contributed by atoms with Crippen LogP contribution in [0.4, 0.5) is 0 Å². The number of benzene rings is 1. The molecule has 0 bridgehead atoms. The average molecular weight is 337 g/mol. The quantitative estimate of drug-likeness (QED) is 0.626. The molecular weight excluding hydrogens is 304 g/mol. The lowest BCUT2D eigenvalue weighted by molar-refractivity contribution is 0.0831. The van der Waals surface area contributed by atoms with Crippen LogP contribution >= 0.6 is 11.8 Å². The molecule has 1 aromatic carbocycles. The first-order valence-electron chi connectivity index (χ1n) is 8.98. The largest absolute Gasteiger partial charge is 0.507 e. The van der Waals surface area contributed by atoms with E-state index in [0.29, 0.717) is 5.75 Å². The Morgan fingerprint density at radius 2 is 1.87 bits per heavy atom. The maximum Gasteiger partial charge on any atom is 0.127 e. The van der Waals surface area contributed by atoms with Crippen molar-refractivity contribution in [2.45, 2.75) is 84.5 Å². The number of phenols is 1. The summed E-state index contributed by atoms with van der Waals surface area (Å²) in [4.78, 5) is 0. The van der Waals surface area contributed by atoms with Gasteiger partial charge in [-0.1, -0.05) is 26.2 Å². The second-order valence-corrected chi connectivity index (χ2v) is 8.47. The highest BCUT2D eigenvalue weighted by molar-refractivity contribution is 7.98. The molecule has 0 amide bonds. The van der Waals surface area contributed by atoms with E-state index >= 15 is 0 Å². The fraction of sp³-hybridized carbons (Fsp3) is 0.700. The molecule has 0 radical (unpaired) electrons. The maximum absolute atomic E-state index is 10.6. The van der Waals surface area contributed by atoms with Gasteiger partial charge in [0.25, 0.3) is 0 Å². The summed E-state index contributed by atoms with van der Waals surface area (Å²) in [6.45, 7) is 10.6. The second kappa shape index (κ2) is 7.83. The number of fused-ring (bicyclic) bond motifs is 1. The number of phenolic OH excluding ortho intramolecular Hbond substituents is 1. The Balaban J connectivity index is 2.15. The standard InChI is InChI=1S/C20H32O2S/c1-6-7-8-9-12-23-13-17-16-10-11-20(4,5)22-19(16)15(3)14(2)18(17)21/h21H,6-13H2,1-5H3. The molecule has 1 aromatic rings. The molecule has 130 valence electrons. The first kappa shape index (κ1) is 18.5. The van der Waals surface area contributed by atoms with Gasteiger partial charge in [-0.05, 0) is 63.8 Å². The fourth-order valence-electron chi connectivity index (χ4n) is 3.20. The van der Waals surface area contributed by atoms with Gasteiger partial charge in [-0.25, -0.2) is 0 Å². The van der Waals surface area contributed by atoms with E-state index in [-0.39, 0.29) is 5.60 Å². The Bertz CT molecular complexity index is 549. The lowest BCUT2D eigenvalue weighted by Crippen LogP contribution is -2.33. The lowest BCUT2D eigenvalue weighted by atomic mass is 9.88. The third-order valence-electron chi connectivity index (χ3n) is 4.93. The Hall–Kier alpha value is -0.830. The highest BCUT2D eigenvalue weighted by atomic mass is 32.2. The minimum absolute atomic E-state index is 0.105. The SMILES string of the molecule is CCCCCCSCc1c(O)c(C)c(C)c2c1CCC(C)(C)O2. The molecule has 2 rings (SSSR count). The summed E-state index contributed by atoms with van der Waals surface area (Å²) in [6.07, 6.45) is 7.21. The number of hydrogen-bond donors (Lipinski definition) is 1. The van der Waals surface area contributed by atoms with E-state index in [2.05, 4.69) is 27.7 Å². The topological polar surface area (TPSA) is 29.5 Å². The van der Waals surface area contributed by atoms with Gasteiger partial charge in [0.05, 0.1) is 0 Å². The Morgan fingerprint density at radius 1 is 1.13 bits per heavy atom. The minimum Gasteiger partial charge on any atom is -0.507 e.